The summed E-state index contributed by atoms with van der Waals surface area (Å²) >= 11 is 0. The topological polar surface area (TPSA) is 60.8 Å². The second-order valence-corrected chi connectivity index (χ2v) is 11.0. The summed E-state index contributed by atoms with van der Waals surface area (Å²) < 4.78 is 0. The van der Waals surface area contributed by atoms with Crippen LogP contribution in [0.5, 0.6) is 0 Å². The van der Waals surface area contributed by atoms with E-state index in [4.69, 9.17) is 0 Å². The molecule has 0 spiro atoms. The Morgan fingerprint density at radius 1 is 1.19 bits per heavy atom. The van der Waals surface area contributed by atoms with Gasteiger partial charge in [-0.1, -0.05) is 50.0 Å². The van der Waals surface area contributed by atoms with Crippen LogP contribution >= 0.6 is 0 Å². The first-order valence-electron chi connectivity index (χ1n) is 13.4. The van der Waals surface area contributed by atoms with Gasteiger partial charge < -0.3 is 15.1 Å². The number of unbranched alkanes of at least 4 members (excludes halogenated alkanes) is 3. The van der Waals surface area contributed by atoms with Crippen molar-refractivity contribution >= 4 is 5.91 Å². The fourth-order valence-electron chi connectivity index (χ4n) is 6.04. The van der Waals surface area contributed by atoms with Crippen molar-refractivity contribution in [1.29, 1.82) is 0 Å². The first-order chi connectivity index (χ1) is 15.4. The van der Waals surface area contributed by atoms with Crippen LogP contribution in [-0.4, -0.2) is 45.8 Å². The first kappa shape index (κ1) is 25.5. The van der Waals surface area contributed by atoms with Gasteiger partial charge in [0.1, 0.15) is 0 Å². The maximum atomic E-state index is 12.3. The summed E-state index contributed by atoms with van der Waals surface area (Å²) in [5, 5.41) is 21.1. The van der Waals surface area contributed by atoms with Crippen LogP contribution in [0.15, 0.2) is 23.8 Å². The molecule has 3 aliphatic rings. The Labute approximate surface area is 196 Å². The molecule has 2 N–H and O–H groups in total. The Bertz CT molecular complexity index is 647. The molecule has 4 heteroatoms. The van der Waals surface area contributed by atoms with Crippen LogP contribution in [0.1, 0.15) is 104 Å². The summed E-state index contributed by atoms with van der Waals surface area (Å²) in [6, 6.07) is 0. The zero-order chi connectivity index (χ0) is 23.0. The maximum absolute atomic E-state index is 12.3. The largest absolute Gasteiger partial charge is 0.392 e. The van der Waals surface area contributed by atoms with E-state index in [2.05, 4.69) is 30.1 Å². The standard InChI is InChI=1S/C28H47NO3/c1-3-4-15-28(2,32)16-11-13-24-25-20-22(19-23(25)21-26(24)30)12-7-5-8-14-27(31)29-17-9-6-10-18-29/h11,13,19,23-26,30,32H,3-10,12,14-18,20-21H2,1-2H3/t23-,24+,25-,26+,28-/m0/s1. The summed E-state index contributed by atoms with van der Waals surface area (Å²) in [5.41, 5.74) is 0.923. The number of fused-ring (bicyclic) bond motifs is 1. The number of aliphatic hydroxyl groups is 2. The number of carbonyl (C=O) groups excluding carboxylic acids is 1. The lowest BCUT2D eigenvalue weighted by molar-refractivity contribution is -0.132. The predicted molar refractivity (Wildman–Crippen MR) is 131 cm³/mol. The molecule has 1 aliphatic heterocycles. The van der Waals surface area contributed by atoms with Crippen LogP contribution in [0.2, 0.25) is 0 Å². The Kier molecular flexibility index (Phi) is 9.85. The van der Waals surface area contributed by atoms with E-state index in [1.165, 1.54) is 25.7 Å². The van der Waals surface area contributed by atoms with Crippen molar-refractivity contribution in [2.75, 3.05) is 13.1 Å². The average molecular weight is 446 g/mol. The van der Waals surface area contributed by atoms with Crippen molar-refractivity contribution in [2.24, 2.45) is 17.8 Å². The van der Waals surface area contributed by atoms with E-state index in [1.807, 2.05) is 6.92 Å². The second kappa shape index (κ2) is 12.4. The van der Waals surface area contributed by atoms with Gasteiger partial charge in [-0.3, -0.25) is 4.79 Å². The van der Waals surface area contributed by atoms with Gasteiger partial charge in [-0.15, -0.1) is 0 Å². The van der Waals surface area contributed by atoms with Crippen molar-refractivity contribution in [3.8, 4) is 0 Å². The molecule has 1 heterocycles. The number of carbonyl (C=O) groups is 1. The molecule has 3 rings (SSSR count). The van der Waals surface area contributed by atoms with Crippen molar-refractivity contribution in [3.63, 3.8) is 0 Å². The Morgan fingerprint density at radius 3 is 2.72 bits per heavy atom. The molecule has 0 radical (unpaired) electrons. The lowest BCUT2D eigenvalue weighted by Crippen LogP contribution is -2.35. The van der Waals surface area contributed by atoms with E-state index in [9.17, 15) is 15.0 Å². The van der Waals surface area contributed by atoms with Crippen LogP contribution < -0.4 is 0 Å². The van der Waals surface area contributed by atoms with Crippen molar-refractivity contribution in [2.45, 2.75) is 115 Å². The Balaban J connectivity index is 1.35. The lowest BCUT2D eigenvalue weighted by Gasteiger charge is -2.26. The van der Waals surface area contributed by atoms with E-state index in [-0.39, 0.29) is 12.0 Å². The van der Waals surface area contributed by atoms with Crippen molar-refractivity contribution in [1.82, 2.24) is 4.90 Å². The lowest BCUT2D eigenvalue weighted by atomic mass is 9.87. The Hall–Kier alpha value is -1.13. The Morgan fingerprint density at radius 2 is 1.97 bits per heavy atom. The molecule has 4 nitrogen and oxygen atoms in total. The van der Waals surface area contributed by atoms with E-state index in [1.54, 1.807) is 5.57 Å². The van der Waals surface area contributed by atoms with Crippen LogP contribution in [-0.2, 0) is 4.79 Å². The van der Waals surface area contributed by atoms with Gasteiger partial charge in [0, 0.05) is 25.4 Å². The predicted octanol–water partition coefficient (Wildman–Crippen LogP) is 5.78. The van der Waals surface area contributed by atoms with Crippen LogP contribution in [0.25, 0.3) is 0 Å². The number of aliphatic hydroxyl groups excluding tert-OH is 1. The van der Waals surface area contributed by atoms with E-state index < -0.39 is 5.60 Å². The smallest absolute Gasteiger partial charge is 0.222 e. The van der Waals surface area contributed by atoms with Gasteiger partial charge in [-0.25, -0.2) is 0 Å². The molecule has 1 amide bonds. The van der Waals surface area contributed by atoms with Gasteiger partial charge in [0.2, 0.25) is 5.91 Å². The van der Waals surface area contributed by atoms with Crippen LogP contribution in [0.4, 0.5) is 0 Å². The van der Waals surface area contributed by atoms with E-state index in [0.717, 1.165) is 64.5 Å². The monoisotopic (exact) mass is 445 g/mol. The van der Waals surface area contributed by atoms with Gasteiger partial charge >= 0.3 is 0 Å². The molecule has 0 aromatic rings. The summed E-state index contributed by atoms with van der Waals surface area (Å²) in [6.45, 7) is 6.01. The molecule has 2 aliphatic carbocycles. The minimum Gasteiger partial charge on any atom is -0.392 e. The van der Waals surface area contributed by atoms with Gasteiger partial charge in [-0.05, 0) is 83.0 Å². The maximum Gasteiger partial charge on any atom is 0.222 e. The molecule has 2 fully saturated rings. The molecular formula is C28H47NO3. The molecule has 5 atom stereocenters. The quantitative estimate of drug-likeness (QED) is 0.296. The highest BCUT2D eigenvalue weighted by atomic mass is 16.3. The highest BCUT2D eigenvalue weighted by Crippen LogP contribution is 2.48. The number of allylic oxidation sites excluding steroid dienone is 2. The molecule has 0 unspecified atom stereocenters. The fourth-order valence-corrected chi connectivity index (χ4v) is 6.04. The molecule has 182 valence electrons. The van der Waals surface area contributed by atoms with Crippen molar-refractivity contribution in [3.05, 3.63) is 23.8 Å². The third kappa shape index (κ3) is 7.45. The number of nitrogens with zero attached hydrogens (tertiary/aromatic N) is 1. The van der Waals surface area contributed by atoms with Gasteiger partial charge in [0.15, 0.2) is 0 Å². The number of rotatable bonds is 12. The minimum absolute atomic E-state index is 0.220. The highest BCUT2D eigenvalue weighted by molar-refractivity contribution is 5.76. The van der Waals surface area contributed by atoms with Crippen molar-refractivity contribution < 1.29 is 15.0 Å². The molecule has 32 heavy (non-hydrogen) atoms. The zero-order valence-corrected chi connectivity index (χ0v) is 20.6. The molecule has 0 aromatic carbocycles. The second-order valence-electron chi connectivity index (χ2n) is 11.0. The van der Waals surface area contributed by atoms with Gasteiger partial charge in [0.05, 0.1) is 11.7 Å². The molecule has 0 bridgehead atoms. The highest BCUT2D eigenvalue weighted by Gasteiger charge is 2.43. The molecule has 1 saturated heterocycles. The number of piperidine rings is 1. The fraction of sp³-hybridized carbons (Fsp3) is 0.821. The third-order valence-corrected chi connectivity index (χ3v) is 8.03. The van der Waals surface area contributed by atoms with Gasteiger partial charge in [0.25, 0.3) is 0 Å². The molecule has 0 aromatic heterocycles. The SMILES string of the molecule is CCCC[C@](C)(O)CC=C[C@@H]1[C@H]2CC(CCCCCC(=O)N3CCCCC3)=C[C@H]2C[C@H]1O. The molecular weight excluding hydrogens is 398 g/mol. The summed E-state index contributed by atoms with van der Waals surface area (Å²) in [6.07, 6.45) is 20.9. The minimum atomic E-state index is -0.635. The normalized spacial score (nSPS) is 29.9. The van der Waals surface area contributed by atoms with Gasteiger partial charge in [-0.2, -0.15) is 0 Å². The van der Waals surface area contributed by atoms with Crippen LogP contribution in [0.3, 0.4) is 0 Å². The average Bonchev–Trinajstić information content (AvgIpc) is 3.29. The third-order valence-electron chi connectivity index (χ3n) is 8.03. The zero-order valence-electron chi connectivity index (χ0n) is 20.6. The summed E-state index contributed by atoms with van der Waals surface area (Å²) in [5.74, 6) is 1.61. The number of amides is 1. The first-order valence-corrected chi connectivity index (χ1v) is 13.4. The van der Waals surface area contributed by atoms with Crippen LogP contribution in [0, 0.1) is 17.8 Å². The molecule has 1 saturated carbocycles. The summed E-state index contributed by atoms with van der Waals surface area (Å²) in [7, 11) is 0. The number of hydrogen-bond acceptors (Lipinski definition) is 3. The number of likely N-dealkylation sites (tertiary alicyclic amines) is 1. The summed E-state index contributed by atoms with van der Waals surface area (Å²) in [4.78, 5) is 14.3. The van der Waals surface area contributed by atoms with E-state index in [0.29, 0.717) is 30.6 Å². The van der Waals surface area contributed by atoms with E-state index >= 15 is 0 Å². The number of hydrogen-bond donors (Lipinski definition) is 2.